The van der Waals surface area contributed by atoms with Gasteiger partial charge in [0.1, 0.15) is 5.82 Å². The Labute approximate surface area is 130 Å². The molecular weight excluding hydrogens is 302 g/mol. The van der Waals surface area contributed by atoms with Crippen LogP contribution in [0.5, 0.6) is 0 Å². The number of hydrogen-bond donors (Lipinski definition) is 2. The summed E-state index contributed by atoms with van der Waals surface area (Å²) in [5.74, 6) is -0.571. The van der Waals surface area contributed by atoms with Gasteiger partial charge in [0.15, 0.2) is 0 Å². The third-order valence-corrected chi connectivity index (χ3v) is 4.07. The average molecular weight is 323 g/mol. The van der Waals surface area contributed by atoms with Crippen molar-refractivity contribution in [3.63, 3.8) is 0 Å². The van der Waals surface area contributed by atoms with Crippen LogP contribution in [-0.4, -0.2) is 12.5 Å². The summed E-state index contributed by atoms with van der Waals surface area (Å²) in [5, 5.41) is 3.04. The number of benzene rings is 1. The Bertz CT molecular complexity index is 422. The lowest BCUT2D eigenvalue weighted by atomic mass is 9.81. The van der Waals surface area contributed by atoms with Crippen molar-refractivity contribution in [2.45, 2.75) is 33.2 Å². The van der Waals surface area contributed by atoms with E-state index in [0.29, 0.717) is 23.4 Å². The molecule has 0 heterocycles. The molecule has 0 bridgehead atoms. The van der Waals surface area contributed by atoms with E-state index in [9.17, 15) is 9.18 Å². The molecule has 1 amide bonds. The second-order valence-corrected chi connectivity index (χ2v) is 4.98. The lowest BCUT2D eigenvalue weighted by molar-refractivity contribution is -0.131. The zero-order valence-electron chi connectivity index (χ0n) is 11.7. The van der Waals surface area contributed by atoms with E-state index in [1.54, 1.807) is 6.07 Å². The van der Waals surface area contributed by atoms with Crippen LogP contribution >= 0.6 is 24.0 Å². The summed E-state index contributed by atoms with van der Waals surface area (Å²) < 4.78 is 13.6. The van der Waals surface area contributed by atoms with Crippen molar-refractivity contribution in [3.8, 4) is 0 Å². The van der Waals surface area contributed by atoms with Crippen molar-refractivity contribution in [2.24, 2.45) is 11.1 Å². The van der Waals surface area contributed by atoms with Gasteiger partial charge in [-0.05, 0) is 25.0 Å². The van der Waals surface area contributed by atoms with Gasteiger partial charge < -0.3 is 11.1 Å². The molecule has 0 fully saturated rings. The standard InChI is InChI=1S/C14H20ClFN2O.ClH/c1-3-14(4-2,9-17)13(19)18-8-10-11(15)6-5-7-12(10)16;/h5-7H,3-4,8-9,17H2,1-2H3,(H,18,19);1H. The first-order valence-electron chi connectivity index (χ1n) is 6.42. The maximum absolute atomic E-state index is 13.6. The van der Waals surface area contributed by atoms with Crippen LogP contribution in [0.1, 0.15) is 32.3 Å². The third kappa shape index (κ3) is 4.08. The predicted molar refractivity (Wildman–Crippen MR) is 82.6 cm³/mol. The number of amides is 1. The highest BCUT2D eigenvalue weighted by Gasteiger charge is 2.33. The van der Waals surface area contributed by atoms with Gasteiger partial charge >= 0.3 is 0 Å². The van der Waals surface area contributed by atoms with Crippen LogP contribution in [-0.2, 0) is 11.3 Å². The smallest absolute Gasteiger partial charge is 0.227 e. The molecule has 0 unspecified atom stereocenters. The molecule has 6 heteroatoms. The summed E-state index contributed by atoms with van der Waals surface area (Å²) in [6.45, 7) is 4.20. The van der Waals surface area contributed by atoms with Crippen LogP contribution in [0.2, 0.25) is 5.02 Å². The van der Waals surface area contributed by atoms with Crippen LogP contribution in [0.3, 0.4) is 0 Å². The monoisotopic (exact) mass is 322 g/mol. The summed E-state index contributed by atoms with van der Waals surface area (Å²) in [5.41, 5.74) is 5.41. The molecule has 0 aromatic heterocycles. The van der Waals surface area contributed by atoms with Gasteiger partial charge in [0.25, 0.3) is 0 Å². The normalized spacial score (nSPS) is 10.8. The Balaban J connectivity index is 0.00000361. The number of nitrogens with one attached hydrogen (secondary N) is 1. The molecule has 114 valence electrons. The van der Waals surface area contributed by atoms with Gasteiger partial charge in [-0.2, -0.15) is 0 Å². The molecule has 1 aromatic rings. The molecule has 20 heavy (non-hydrogen) atoms. The maximum atomic E-state index is 13.6. The molecule has 1 rings (SSSR count). The van der Waals surface area contributed by atoms with E-state index in [2.05, 4.69) is 5.32 Å². The second kappa shape index (κ2) is 8.45. The molecule has 1 aromatic carbocycles. The largest absolute Gasteiger partial charge is 0.351 e. The highest BCUT2D eigenvalue weighted by atomic mass is 35.5. The molecule has 0 saturated carbocycles. The predicted octanol–water partition coefficient (Wildman–Crippen LogP) is 3.28. The third-order valence-electron chi connectivity index (χ3n) is 3.71. The van der Waals surface area contributed by atoms with Crippen molar-refractivity contribution in [3.05, 3.63) is 34.6 Å². The fourth-order valence-electron chi connectivity index (χ4n) is 2.01. The number of carbonyl (C=O) groups excluding carboxylic acids is 1. The van der Waals surface area contributed by atoms with Gasteiger partial charge in [-0.3, -0.25) is 4.79 Å². The van der Waals surface area contributed by atoms with Crippen LogP contribution in [0.4, 0.5) is 4.39 Å². The summed E-state index contributed by atoms with van der Waals surface area (Å²) in [4.78, 5) is 12.2. The van der Waals surface area contributed by atoms with Crippen molar-refractivity contribution < 1.29 is 9.18 Å². The Hall–Kier alpha value is -0.840. The topological polar surface area (TPSA) is 55.1 Å². The zero-order chi connectivity index (χ0) is 14.5. The first kappa shape index (κ1) is 19.2. The molecule has 0 radical (unpaired) electrons. The lowest BCUT2D eigenvalue weighted by Crippen LogP contribution is -2.45. The van der Waals surface area contributed by atoms with E-state index in [1.807, 2.05) is 13.8 Å². The number of hydrogen-bond acceptors (Lipinski definition) is 2. The number of halogens is 3. The SMILES string of the molecule is CCC(CC)(CN)C(=O)NCc1c(F)cccc1Cl.Cl. The Kier molecular flexibility index (Phi) is 8.09. The molecule has 0 aliphatic carbocycles. The van der Waals surface area contributed by atoms with Gasteiger partial charge in [0, 0.05) is 23.7 Å². The summed E-state index contributed by atoms with van der Waals surface area (Å²) in [6, 6.07) is 4.45. The van der Waals surface area contributed by atoms with Crippen molar-refractivity contribution in [2.75, 3.05) is 6.54 Å². The van der Waals surface area contributed by atoms with Crippen LogP contribution in [0, 0.1) is 11.2 Å². The fourth-order valence-corrected chi connectivity index (χ4v) is 2.24. The van der Waals surface area contributed by atoms with Gasteiger partial charge in [-0.15, -0.1) is 12.4 Å². The second-order valence-electron chi connectivity index (χ2n) is 4.57. The molecule has 0 aliphatic heterocycles. The van der Waals surface area contributed by atoms with Gasteiger partial charge in [-0.25, -0.2) is 4.39 Å². The Morgan fingerprint density at radius 1 is 1.40 bits per heavy atom. The first-order valence-corrected chi connectivity index (χ1v) is 6.79. The number of carbonyl (C=O) groups is 1. The highest BCUT2D eigenvalue weighted by Crippen LogP contribution is 2.26. The number of rotatable bonds is 6. The summed E-state index contributed by atoms with van der Waals surface area (Å²) in [7, 11) is 0. The molecular formula is C14H21Cl2FN2O. The highest BCUT2D eigenvalue weighted by molar-refractivity contribution is 6.31. The zero-order valence-corrected chi connectivity index (χ0v) is 13.3. The first-order chi connectivity index (χ1) is 9.00. The van der Waals surface area contributed by atoms with Gasteiger partial charge in [-0.1, -0.05) is 31.5 Å². The van der Waals surface area contributed by atoms with Gasteiger partial charge in [0.05, 0.1) is 5.41 Å². The van der Waals surface area contributed by atoms with Crippen molar-refractivity contribution in [1.29, 1.82) is 0 Å². The van der Waals surface area contributed by atoms with E-state index < -0.39 is 11.2 Å². The molecule has 3 N–H and O–H groups in total. The molecule has 0 aliphatic rings. The van der Waals surface area contributed by atoms with Crippen molar-refractivity contribution >= 4 is 29.9 Å². The fraction of sp³-hybridized carbons (Fsp3) is 0.500. The van der Waals surface area contributed by atoms with Crippen molar-refractivity contribution in [1.82, 2.24) is 5.32 Å². The summed E-state index contributed by atoms with van der Waals surface area (Å²) in [6.07, 6.45) is 1.30. The molecule has 3 nitrogen and oxygen atoms in total. The maximum Gasteiger partial charge on any atom is 0.227 e. The minimum atomic E-state index is -0.586. The van der Waals surface area contributed by atoms with Crippen LogP contribution in [0.25, 0.3) is 0 Å². The van der Waals surface area contributed by atoms with E-state index in [-0.39, 0.29) is 31.4 Å². The quantitative estimate of drug-likeness (QED) is 0.844. The molecule has 0 saturated heterocycles. The van der Waals surface area contributed by atoms with Crippen LogP contribution < -0.4 is 11.1 Å². The van der Waals surface area contributed by atoms with E-state index >= 15 is 0 Å². The minimum Gasteiger partial charge on any atom is -0.351 e. The van der Waals surface area contributed by atoms with Crippen LogP contribution in [0.15, 0.2) is 18.2 Å². The molecule has 0 atom stereocenters. The van der Waals surface area contributed by atoms with E-state index in [0.717, 1.165) is 0 Å². The Morgan fingerprint density at radius 3 is 2.45 bits per heavy atom. The summed E-state index contributed by atoms with van der Waals surface area (Å²) >= 11 is 5.91. The van der Waals surface area contributed by atoms with E-state index in [1.165, 1.54) is 12.1 Å². The average Bonchev–Trinajstić information content (AvgIpc) is 2.41. The minimum absolute atomic E-state index is 0. The van der Waals surface area contributed by atoms with Gasteiger partial charge in [0.2, 0.25) is 5.91 Å². The van der Waals surface area contributed by atoms with E-state index in [4.69, 9.17) is 17.3 Å². The number of nitrogens with two attached hydrogens (primary N) is 1. The lowest BCUT2D eigenvalue weighted by Gasteiger charge is -2.28. The Morgan fingerprint density at radius 2 is 2.00 bits per heavy atom. The molecule has 0 spiro atoms.